The fraction of sp³-hybridized carbons (Fsp3) is 0.211. The van der Waals surface area contributed by atoms with Crippen LogP contribution in [0.15, 0.2) is 42.5 Å². The van der Waals surface area contributed by atoms with E-state index in [0.717, 1.165) is 40.5 Å². The third-order valence-corrected chi connectivity index (χ3v) is 5.20. The van der Waals surface area contributed by atoms with E-state index in [1.54, 1.807) is 6.07 Å². The summed E-state index contributed by atoms with van der Waals surface area (Å²) in [5, 5.41) is 6.81. The highest BCUT2D eigenvalue weighted by atomic mass is 35.5. The maximum Gasteiger partial charge on any atom is 0.0840 e. The lowest BCUT2D eigenvalue weighted by Crippen LogP contribution is -2.01. The molecule has 0 N–H and O–H groups in total. The van der Waals surface area contributed by atoms with Gasteiger partial charge in [-0.2, -0.15) is 5.10 Å². The maximum absolute atomic E-state index is 6.45. The molecule has 1 aliphatic rings. The molecule has 0 spiro atoms. The van der Waals surface area contributed by atoms with E-state index in [4.69, 9.17) is 39.9 Å². The van der Waals surface area contributed by atoms with Gasteiger partial charge in [-0.25, -0.2) is 4.68 Å². The van der Waals surface area contributed by atoms with Gasteiger partial charge in [0.05, 0.1) is 22.1 Å². The SMILES string of the molecule is Clc1ccc(-c2c3c(nn2-c2ccc(Cl)cc2Cl)CCCC3)cc1. The number of benzene rings is 2. The van der Waals surface area contributed by atoms with E-state index in [1.165, 1.54) is 18.4 Å². The topological polar surface area (TPSA) is 17.8 Å². The average molecular weight is 378 g/mol. The van der Waals surface area contributed by atoms with Crippen LogP contribution in [-0.4, -0.2) is 9.78 Å². The minimum atomic E-state index is 0.595. The Morgan fingerprint density at radius 3 is 2.29 bits per heavy atom. The second-order valence-corrected chi connectivity index (χ2v) is 7.28. The summed E-state index contributed by atoms with van der Waals surface area (Å²) in [6, 6.07) is 13.4. The first kappa shape index (κ1) is 16.0. The van der Waals surface area contributed by atoms with E-state index >= 15 is 0 Å². The van der Waals surface area contributed by atoms with Gasteiger partial charge in [0.2, 0.25) is 0 Å². The second kappa shape index (κ2) is 6.44. The number of hydrogen-bond acceptors (Lipinski definition) is 1. The minimum absolute atomic E-state index is 0.595. The molecule has 0 fully saturated rings. The molecule has 2 nitrogen and oxygen atoms in total. The van der Waals surface area contributed by atoms with Gasteiger partial charge in [-0.3, -0.25) is 0 Å². The van der Waals surface area contributed by atoms with Gasteiger partial charge >= 0.3 is 0 Å². The molecule has 0 atom stereocenters. The molecule has 1 aliphatic carbocycles. The molecule has 24 heavy (non-hydrogen) atoms. The highest BCUT2D eigenvalue weighted by molar-refractivity contribution is 6.35. The van der Waals surface area contributed by atoms with E-state index in [1.807, 2.05) is 41.1 Å². The van der Waals surface area contributed by atoms with Gasteiger partial charge in [-0.1, -0.05) is 46.9 Å². The summed E-state index contributed by atoms with van der Waals surface area (Å²) in [7, 11) is 0. The third-order valence-electron chi connectivity index (χ3n) is 4.41. The van der Waals surface area contributed by atoms with Gasteiger partial charge in [0.25, 0.3) is 0 Å². The molecule has 0 saturated carbocycles. The van der Waals surface area contributed by atoms with Gasteiger partial charge < -0.3 is 0 Å². The van der Waals surface area contributed by atoms with E-state index in [2.05, 4.69) is 0 Å². The highest BCUT2D eigenvalue weighted by Crippen LogP contribution is 2.36. The summed E-state index contributed by atoms with van der Waals surface area (Å²) >= 11 is 18.6. The predicted molar refractivity (Wildman–Crippen MR) is 101 cm³/mol. The van der Waals surface area contributed by atoms with Crippen molar-refractivity contribution in [2.45, 2.75) is 25.7 Å². The zero-order valence-electron chi connectivity index (χ0n) is 12.9. The Hall–Kier alpha value is -1.48. The molecule has 0 aliphatic heterocycles. The largest absolute Gasteiger partial charge is 0.231 e. The number of hydrogen-bond donors (Lipinski definition) is 0. The molecule has 122 valence electrons. The van der Waals surface area contributed by atoms with Crippen molar-refractivity contribution in [2.75, 3.05) is 0 Å². The van der Waals surface area contributed by atoms with Crippen LogP contribution >= 0.6 is 34.8 Å². The molecular weight excluding hydrogens is 363 g/mol. The van der Waals surface area contributed by atoms with Crippen LogP contribution in [0.25, 0.3) is 16.9 Å². The van der Waals surface area contributed by atoms with Gasteiger partial charge in [-0.15, -0.1) is 0 Å². The molecule has 0 amide bonds. The molecule has 5 heteroatoms. The number of fused-ring (bicyclic) bond motifs is 1. The molecule has 0 saturated heterocycles. The number of aromatic nitrogens is 2. The number of nitrogens with zero attached hydrogens (tertiary/aromatic N) is 2. The molecule has 3 aromatic rings. The van der Waals surface area contributed by atoms with Crippen LogP contribution in [0, 0.1) is 0 Å². The standard InChI is InChI=1S/C19H15Cl3N2/c20-13-7-5-12(6-8-13)19-15-3-1-2-4-17(15)23-24(19)18-10-9-14(21)11-16(18)22/h5-11H,1-4H2. The van der Waals surface area contributed by atoms with Crippen LogP contribution in [0.5, 0.6) is 0 Å². The van der Waals surface area contributed by atoms with Gasteiger partial charge in [0, 0.05) is 21.2 Å². The Labute approximate surface area is 156 Å². The van der Waals surface area contributed by atoms with E-state index in [0.29, 0.717) is 10.0 Å². The first-order valence-corrected chi connectivity index (χ1v) is 9.09. The second-order valence-electron chi connectivity index (χ2n) is 6.00. The fourth-order valence-corrected chi connectivity index (χ4v) is 3.90. The van der Waals surface area contributed by atoms with Crippen LogP contribution in [-0.2, 0) is 12.8 Å². The summed E-state index contributed by atoms with van der Waals surface area (Å²) in [6.45, 7) is 0. The first-order chi connectivity index (χ1) is 11.6. The lowest BCUT2D eigenvalue weighted by molar-refractivity contribution is 0.671. The Bertz CT molecular complexity index is 898. The Morgan fingerprint density at radius 2 is 1.54 bits per heavy atom. The van der Waals surface area contributed by atoms with Crippen LogP contribution in [0.1, 0.15) is 24.1 Å². The van der Waals surface area contributed by atoms with Crippen molar-refractivity contribution in [2.24, 2.45) is 0 Å². The number of rotatable bonds is 2. The van der Waals surface area contributed by atoms with Gasteiger partial charge in [0.1, 0.15) is 0 Å². The molecule has 0 unspecified atom stereocenters. The molecule has 1 aromatic heterocycles. The van der Waals surface area contributed by atoms with Gasteiger partial charge in [-0.05, 0) is 56.0 Å². The zero-order chi connectivity index (χ0) is 16.7. The Balaban J connectivity index is 1.96. The van der Waals surface area contributed by atoms with Crippen molar-refractivity contribution in [3.8, 4) is 16.9 Å². The molecule has 0 radical (unpaired) electrons. The van der Waals surface area contributed by atoms with E-state index < -0.39 is 0 Å². The first-order valence-electron chi connectivity index (χ1n) is 7.95. The number of halogens is 3. The minimum Gasteiger partial charge on any atom is -0.231 e. The maximum atomic E-state index is 6.45. The van der Waals surface area contributed by atoms with Crippen LogP contribution in [0.2, 0.25) is 15.1 Å². The molecule has 1 heterocycles. The zero-order valence-corrected chi connectivity index (χ0v) is 15.2. The summed E-state index contributed by atoms with van der Waals surface area (Å²) in [5.41, 5.74) is 5.53. The van der Waals surface area contributed by atoms with E-state index in [-0.39, 0.29) is 0 Å². The Morgan fingerprint density at radius 1 is 0.833 bits per heavy atom. The Kier molecular flexibility index (Phi) is 4.29. The lowest BCUT2D eigenvalue weighted by Gasteiger charge is -2.13. The number of aryl methyl sites for hydroxylation is 1. The fourth-order valence-electron chi connectivity index (χ4n) is 3.29. The summed E-state index contributed by atoms with van der Waals surface area (Å²) < 4.78 is 1.96. The summed E-state index contributed by atoms with van der Waals surface area (Å²) in [5.74, 6) is 0. The molecule has 2 aromatic carbocycles. The lowest BCUT2D eigenvalue weighted by atomic mass is 9.93. The van der Waals surface area contributed by atoms with Crippen molar-refractivity contribution in [3.63, 3.8) is 0 Å². The van der Waals surface area contributed by atoms with Crippen molar-refractivity contribution < 1.29 is 0 Å². The molecule has 4 rings (SSSR count). The third kappa shape index (κ3) is 2.83. The quantitative estimate of drug-likeness (QED) is 0.507. The van der Waals surface area contributed by atoms with Gasteiger partial charge in [0.15, 0.2) is 0 Å². The van der Waals surface area contributed by atoms with E-state index in [9.17, 15) is 0 Å². The van der Waals surface area contributed by atoms with Crippen molar-refractivity contribution in [1.29, 1.82) is 0 Å². The smallest absolute Gasteiger partial charge is 0.0840 e. The summed E-state index contributed by atoms with van der Waals surface area (Å²) in [6.07, 6.45) is 4.42. The predicted octanol–water partition coefficient (Wildman–Crippen LogP) is 6.38. The van der Waals surface area contributed by atoms with Crippen LogP contribution < -0.4 is 0 Å². The molecular formula is C19H15Cl3N2. The van der Waals surface area contributed by atoms with Crippen molar-refractivity contribution >= 4 is 34.8 Å². The van der Waals surface area contributed by atoms with Crippen LogP contribution in [0.4, 0.5) is 0 Å². The normalized spacial score (nSPS) is 13.8. The average Bonchev–Trinajstić information content (AvgIpc) is 2.95. The monoisotopic (exact) mass is 376 g/mol. The van der Waals surface area contributed by atoms with Crippen LogP contribution in [0.3, 0.4) is 0 Å². The highest BCUT2D eigenvalue weighted by Gasteiger charge is 2.23. The summed E-state index contributed by atoms with van der Waals surface area (Å²) in [4.78, 5) is 0. The molecule has 0 bridgehead atoms. The van der Waals surface area contributed by atoms with Crippen molar-refractivity contribution in [3.05, 3.63) is 68.8 Å². The van der Waals surface area contributed by atoms with Crippen molar-refractivity contribution in [1.82, 2.24) is 9.78 Å².